The highest BCUT2D eigenvalue weighted by Crippen LogP contribution is 2.35. The van der Waals surface area contributed by atoms with Crippen LogP contribution in [-0.4, -0.2) is 21.1 Å². The molecule has 0 spiro atoms. The minimum absolute atomic E-state index is 0.184. The topological polar surface area (TPSA) is 33.4 Å². The molecule has 2 aromatic heterocycles. The molecular weight excluding hydrogens is 267 g/mol. The van der Waals surface area contributed by atoms with E-state index in [0.29, 0.717) is 0 Å². The van der Waals surface area contributed by atoms with E-state index >= 15 is 0 Å². The molecular formula is C16H15FN4. The Labute approximate surface area is 121 Å². The maximum atomic E-state index is 13.5. The smallest absolute Gasteiger partial charge is 0.155 e. The predicted molar refractivity (Wildman–Crippen MR) is 78.7 cm³/mol. The van der Waals surface area contributed by atoms with Gasteiger partial charge < -0.3 is 4.90 Å². The van der Waals surface area contributed by atoms with Crippen LogP contribution in [0.2, 0.25) is 0 Å². The average molecular weight is 282 g/mol. The number of imidazole rings is 1. The molecule has 0 saturated carbocycles. The Hall–Kier alpha value is -2.43. The lowest BCUT2D eigenvalue weighted by Gasteiger charge is -2.24. The van der Waals surface area contributed by atoms with Crippen LogP contribution in [0.15, 0.2) is 48.8 Å². The summed E-state index contributed by atoms with van der Waals surface area (Å²) in [7, 11) is 0. The average Bonchev–Trinajstić information content (AvgIpc) is 3.13. The quantitative estimate of drug-likeness (QED) is 0.723. The zero-order valence-corrected chi connectivity index (χ0v) is 11.5. The lowest BCUT2D eigenvalue weighted by Crippen LogP contribution is -2.22. The molecule has 106 valence electrons. The normalized spacial score (nSPS) is 18.5. The number of rotatable bonds is 2. The largest absolute Gasteiger partial charge is 0.348 e. The number of hydrogen-bond acceptors (Lipinski definition) is 3. The molecule has 21 heavy (non-hydrogen) atoms. The van der Waals surface area contributed by atoms with E-state index < -0.39 is 0 Å². The summed E-state index contributed by atoms with van der Waals surface area (Å²) in [5.74, 6) is 0.719. The SMILES string of the molecule is Fc1cccc(C2CCCN2c2cn3ncccc3n2)c1. The molecule has 4 nitrogen and oxygen atoms in total. The van der Waals surface area contributed by atoms with Crippen LogP contribution < -0.4 is 4.90 Å². The van der Waals surface area contributed by atoms with Crippen molar-refractivity contribution in [2.75, 3.05) is 11.4 Å². The van der Waals surface area contributed by atoms with Crippen LogP contribution in [0.5, 0.6) is 0 Å². The van der Waals surface area contributed by atoms with Crippen LogP contribution >= 0.6 is 0 Å². The number of anilines is 1. The molecule has 0 aliphatic carbocycles. The number of benzene rings is 1. The predicted octanol–water partition coefficient (Wildman–Crippen LogP) is 3.21. The van der Waals surface area contributed by atoms with E-state index in [4.69, 9.17) is 0 Å². The van der Waals surface area contributed by atoms with Crippen molar-refractivity contribution in [3.8, 4) is 0 Å². The lowest BCUT2D eigenvalue weighted by molar-refractivity contribution is 0.618. The van der Waals surface area contributed by atoms with Crippen molar-refractivity contribution < 1.29 is 4.39 Å². The van der Waals surface area contributed by atoms with Gasteiger partial charge >= 0.3 is 0 Å². The van der Waals surface area contributed by atoms with Crippen molar-refractivity contribution in [2.24, 2.45) is 0 Å². The molecule has 4 rings (SSSR count). The second-order valence-electron chi connectivity index (χ2n) is 5.33. The fourth-order valence-electron chi connectivity index (χ4n) is 3.06. The molecule has 5 heteroatoms. The molecule has 1 atom stereocenters. The van der Waals surface area contributed by atoms with Crippen LogP contribution in [0.4, 0.5) is 10.2 Å². The second-order valence-corrected chi connectivity index (χ2v) is 5.33. The lowest BCUT2D eigenvalue weighted by atomic mass is 10.0. The van der Waals surface area contributed by atoms with Gasteiger partial charge in [0.1, 0.15) is 11.6 Å². The molecule has 1 saturated heterocycles. The van der Waals surface area contributed by atoms with Gasteiger partial charge in [0.2, 0.25) is 0 Å². The summed E-state index contributed by atoms with van der Waals surface area (Å²) in [6.45, 7) is 0.936. The molecule has 3 heterocycles. The number of hydrogen-bond donors (Lipinski definition) is 0. The summed E-state index contributed by atoms with van der Waals surface area (Å²) >= 11 is 0. The first-order valence-electron chi connectivity index (χ1n) is 7.14. The van der Waals surface area contributed by atoms with Gasteiger partial charge in [0.05, 0.1) is 12.2 Å². The molecule has 1 aliphatic rings. The van der Waals surface area contributed by atoms with E-state index in [1.807, 2.05) is 24.4 Å². The van der Waals surface area contributed by atoms with Gasteiger partial charge in [-0.25, -0.2) is 13.9 Å². The first kappa shape index (κ1) is 12.3. The van der Waals surface area contributed by atoms with Crippen LogP contribution in [0.1, 0.15) is 24.4 Å². The highest BCUT2D eigenvalue weighted by atomic mass is 19.1. The molecule has 1 aliphatic heterocycles. The Morgan fingerprint density at radius 1 is 1.19 bits per heavy atom. The van der Waals surface area contributed by atoms with Gasteiger partial charge in [-0.1, -0.05) is 12.1 Å². The van der Waals surface area contributed by atoms with Gasteiger partial charge in [-0.3, -0.25) is 0 Å². The van der Waals surface area contributed by atoms with E-state index in [1.54, 1.807) is 22.8 Å². The van der Waals surface area contributed by atoms with Crippen molar-refractivity contribution in [3.05, 3.63) is 60.2 Å². The number of fused-ring (bicyclic) bond motifs is 1. The van der Waals surface area contributed by atoms with E-state index in [1.165, 1.54) is 6.07 Å². The Kier molecular flexibility index (Phi) is 2.84. The van der Waals surface area contributed by atoms with Crippen LogP contribution in [-0.2, 0) is 0 Å². The van der Waals surface area contributed by atoms with Crippen molar-refractivity contribution in [3.63, 3.8) is 0 Å². The molecule has 1 aromatic carbocycles. The van der Waals surface area contributed by atoms with Crippen LogP contribution in [0.3, 0.4) is 0 Å². The van der Waals surface area contributed by atoms with Gasteiger partial charge in [-0.05, 0) is 42.7 Å². The third-order valence-corrected chi connectivity index (χ3v) is 4.00. The minimum atomic E-state index is -0.184. The van der Waals surface area contributed by atoms with Crippen molar-refractivity contribution in [1.29, 1.82) is 0 Å². The van der Waals surface area contributed by atoms with Gasteiger partial charge in [-0.15, -0.1) is 0 Å². The molecule has 0 N–H and O–H groups in total. The Morgan fingerprint density at radius 2 is 2.14 bits per heavy atom. The summed E-state index contributed by atoms with van der Waals surface area (Å²) in [5.41, 5.74) is 1.84. The van der Waals surface area contributed by atoms with Gasteiger partial charge in [-0.2, -0.15) is 5.10 Å². The zero-order chi connectivity index (χ0) is 14.2. The van der Waals surface area contributed by atoms with E-state index in [0.717, 1.165) is 36.4 Å². The number of nitrogens with zero attached hydrogens (tertiary/aromatic N) is 4. The zero-order valence-electron chi connectivity index (χ0n) is 11.5. The summed E-state index contributed by atoms with van der Waals surface area (Å²) in [6, 6.07) is 10.9. The van der Waals surface area contributed by atoms with E-state index in [-0.39, 0.29) is 11.9 Å². The third-order valence-electron chi connectivity index (χ3n) is 4.00. The highest BCUT2D eigenvalue weighted by molar-refractivity contribution is 5.51. The van der Waals surface area contributed by atoms with Crippen LogP contribution in [0, 0.1) is 5.82 Å². The summed E-state index contributed by atoms with van der Waals surface area (Å²) in [5, 5.41) is 4.25. The summed E-state index contributed by atoms with van der Waals surface area (Å²) in [4.78, 5) is 6.87. The number of aromatic nitrogens is 3. The highest BCUT2D eigenvalue weighted by Gasteiger charge is 2.28. The second kappa shape index (κ2) is 4.84. The number of halogens is 1. The van der Waals surface area contributed by atoms with E-state index in [9.17, 15) is 4.39 Å². The molecule has 1 unspecified atom stereocenters. The van der Waals surface area contributed by atoms with Crippen LogP contribution in [0.25, 0.3) is 5.65 Å². The fraction of sp³-hybridized carbons (Fsp3) is 0.250. The summed E-state index contributed by atoms with van der Waals surface area (Å²) in [6.07, 6.45) is 5.78. The minimum Gasteiger partial charge on any atom is -0.348 e. The van der Waals surface area contributed by atoms with Crippen molar-refractivity contribution in [2.45, 2.75) is 18.9 Å². The van der Waals surface area contributed by atoms with Gasteiger partial charge in [0, 0.05) is 12.7 Å². The maximum absolute atomic E-state index is 13.5. The molecule has 0 amide bonds. The first-order valence-corrected chi connectivity index (χ1v) is 7.14. The third kappa shape index (κ3) is 2.14. The monoisotopic (exact) mass is 282 g/mol. The molecule has 1 fully saturated rings. The first-order chi connectivity index (χ1) is 10.3. The van der Waals surface area contributed by atoms with Gasteiger partial charge in [0.15, 0.2) is 5.65 Å². The Morgan fingerprint density at radius 3 is 3.00 bits per heavy atom. The summed E-state index contributed by atoms with van der Waals surface area (Å²) < 4.78 is 15.2. The van der Waals surface area contributed by atoms with Crippen molar-refractivity contribution in [1.82, 2.24) is 14.6 Å². The molecule has 0 bridgehead atoms. The Balaban J connectivity index is 1.73. The Bertz CT molecular complexity index is 750. The molecule has 0 radical (unpaired) electrons. The van der Waals surface area contributed by atoms with E-state index in [2.05, 4.69) is 15.0 Å². The standard InChI is InChI=1S/C16H15FN4/c17-13-5-1-4-12(10-13)14-6-3-9-20(14)16-11-21-15(19-16)7-2-8-18-21/h1-2,4-5,7-8,10-11,14H,3,6,9H2. The van der Waals surface area contributed by atoms with Crippen molar-refractivity contribution >= 4 is 11.5 Å². The fourth-order valence-corrected chi connectivity index (χ4v) is 3.06. The molecule has 3 aromatic rings. The van der Waals surface area contributed by atoms with Gasteiger partial charge in [0.25, 0.3) is 0 Å². The maximum Gasteiger partial charge on any atom is 0.155 e.